The summed E-state index contributed by atoms with van der Waals surface area (Å²) >= 11 is 0. The highest BCUT2D eigenvalue weighted by Gasteiger charge is 2.39. The fraction of sp³-hybridized carbons (Fsp3) is 1.00. The molecule has 100 valence electrons. The number of aliphatic hydroxyl groups excluding tert-OH is 1. The Labute approximate surface area is 104 Å². The Hall–Kier alpha value is -0.160. The lowest BCUT2D eigenvalue weighted by atomic mass is 9.98. The molecule has 2 aliphatic rings. The Morgan fingerprint density at radius 2 is 1.82 bits per heavy atom. The summed E-state index contributed by atoms with van der Waals surface area (Å²) in [5, 5.41) is 12.9. The molecular weight excluding hydrogens is 216 g/mol. The maximum atomic E-state index is 9.53. The molecule has 0 amide bonds. The first kappa shape index (κ1) is 13.3. The monoisotopic (exact) mass is 242 g/mol. The van der Waals surface area contributed by atoms with Crippen molar-refractivity contribution >= 4 is 0 Å². The molecule has 0 aromatic carbocycles. The van der Waals surface area contributed by atoms with Crippen molar-refractivity contribution in [2.24, 2.45) is 0 Å². The van der Waals surface area contributed by atoms with Crippen LogP contribution in [0.25, 0.3) is 0 Å². The minimum absolute atomic E-state index is 0.0844. The van der Waals surface area contributed by atoms with Crippen LogP contribution in [0.2, 0.25) is 0 Å². The molecule has 2 aliphatic heterocycles. The van der Waals surface area contributed by atoms with Gasteiger partial charge >= 0.3 is 0 Å². The molecule has 4 heteroatoms. The number of rotatable bonds is 2. The summed E-state index contributed by atoms with van der Waals surface area (Å²) in [6, 6.07) is 0.426. The van der Waals surface area contributed by atoms with Crippen LogP contribution < -0.4 is 5.32 Å². The fourth-order valence-electron chi connectivity index (χ4n) is 3.32. The molecule has 2 heterocycles. The third-order valence-corrected chi connectivity index (χ3v) is 3.44. The summed E-state index contributed by atoms with van der Waals surface area (Å²) in [4.78, 5) is 2.46. The predicted octanol–water partition coefficient (Wildman–Crippen LogP) is 0.599. The Balaban J connectivity index is 1.92. The van der Waals surface area contributed by atoms with Crippen LogP contribution in [0.5, 0.6) is 0 Å². The largest absolute Gasteiger partial charge is 0.392 e. The van der Waals surface area contributed by atoms with E-state index in [9.17, 15) is 5.11 Å². The Morgan fingerprint density at radius 3 is 2.29 bits per heavy atom. The highest BCUT2D eigenvalue weighted by Crippen LogP contribution is 2.28. The van der Waals surface area contributed by atoms with E-state index >= 15 is 0 Å². The second-order valence-electron chi connectivity index (χ2n) is 6.79. The number of β-amino-alcohol motifs (C(OH)–C–C–N with tert-alkyl or cyclic N) is 1. The maximum absolute atomic E-state index is 9.53. The second-order valence-corrected chi connectivity index (χ2v) is 6.79. The van der Waals surface area contributed by atoms with Gasteiger partial charge in [0.2, 0.25) is 0 Å². The van der Waals surface area contributed by atoms with Gasteiger partial charge in [-0.05, 0) is 34.1 Å². The molecule has 0 radical (unpaired) electrons. The van der Waals surface area contributed by atoms with Gasteiger partial charge in [-0.1, -0.05) is 0 Å². The molecule has 2 N–H and O–H groups in total. The van der Waals surface area contributed by atoms with Gasteiger partial charge in [0.1, 0.15) is 0 Å². The van der Waals surface area contributed by atoms with Gasteiger partial charge in [0.25, 0.3) is 0 Å². The molecule has 0 aliphatic carbocycles. The first-order chi connectivity index (χ1) is 7.76. The molecule has 0 bridgehead atoms. The summed E-state index contributed by atoms with van der Waals surface area (Å²) in [5.74, 6) is 0. The summed E-state index contributed by atoms with van der Waals surface area (Å²) in [6.07, 6.45) is 0.708. The molecule has 2 saturated heterocycles. The van der Waals surface area contributed by atoms with Crippen molar-refractivity contribution in [2.45, 2.75) is 57.5 Å². The van der Waals surface area contributed by atoms with Gasteiger partial charge in [-0.2, -0.15) is 0 Å². The summed E-state index contributed by atoms with van der Waals surface area (Å²) in [6.45, 7) is 12.3. The molecule has 17 heavy (non-hydrogen) atoms. The van der Waals surface area contributed by atoms with Crippen LogP contribution in [0.3, 0.4) is 0 Å². The normalized spacial score (nSPS) is 37.2. The van der Waals surface area contributed by atoms with Crippen LogP contribution in [0.4, 0.5) is 0 Å². The number of hydrogen-bond acceptors (Lipinski definition) is 4. The van der Waals surface area contributed by atoms with E-state index < -0.39 is 0 Å². The van der Waals surface area contributed by atoms with E-state index in [-0.39, 0.29) is 17.3 Å². The van der Waals surface area contributed by atoms with Gasteiger partial charge in [0.15, 0.2) is 0 Å². The lowest BCUT2D eigenvalue weighted by molar-refractivity contribution is -0.181. The molecule has 0 saturated carbocycles. The highest BCUT2D eigenvalue weighted by atomic mass is 16.5. The van der Waals surface area contributed by atoms with Crippen molar-refractivity contribution in [1.82, 2.24) is 10.2 Å². The summed E-state index contributed by atoms with van der Waals surface area (Å²) in [5.41, 5.74) is -0.169. The average molecular weight is 242 g/mol. The average Bonchev–Trinajstić information content (AvgIpc) is 2.44. The van der Waals surface area contributed by atoms with Crippen LogP contribution in [-0.2, 0) is 4.74 Å². The molecular formula is C13H26N2O2. The molecule has 0 aromatic heterocycles. The van der Waals surface area contributed by atoms with E-state index in [2.05, 4.69) is 37.9 Å². The topological polar surface area (TPSA) is 44.7 Å². The fourth-order valence-corrected chi connectivity index (χ4v) is 3.32. The van der Waals surface area contributed by atoms with Crippen LogP contribution in [0.15, 0.2) is 0 Å². The maximum Gasteiger partial charge on any atom is 0.0760 e. The van der Waals surface area contributed by atoms with Crippen molar-refractivity contribution < 1.29 is 9.84 Å². The zero-order valence-corrected chi connectivity index (χ0v) is 11.5. The number of aliphatic hydroxyl groups is 1. The van der Waals surface area contributed by atoms with Crippen molar-refractivity contribution in [1.29, 1.82) is 0 Å². The standard InChI is InChI=1S/C13H26N2O2/c1-12(2)8-15(9-13(3,4)17-12)7-10-5-11(16)6-14-10/h10-11,14,16H,5-9H2,1-4H3. The third-order valence-electron chi connectivity index (χ3n) is 3.44. The molecule has 2 rings (SSSR count). The predicted molar refractivity (Wildman–Crippen MR) is 68.1 cm³/mol. The third kappa shape index (κ3) is 3.65. The zero-order valence-electron chi connectivity index (χ0n) is 11.5. The highest BCUT2D eigenvalue weighted by molar-refractivity contribution is 4.92. The van der Waals surface area contributed by atoms with Gasteiger partial charge in [-0.3, -0.25) is 4.90 Å². The van der Waals surface area contributed by atoms with Gasteiger partial charge in [-0.25, -0.2) is 0 Å². The summed E-state index contributed by atoms with van der Waals surface area (Å²) < 4.78 is 6.07. The molecule has 0 aromatic rings. The van der Waals surface area contributed by atoms with E-state index in [4.69, 9.17) is 4.74 Å². The van der Waals surface area contributed by atoms with Gasteiger partial charge in [0.05, 0.1) is 17.3 Å². The lowest BCUT2D eigenvalue weighted by Crippen LogP contribution is -2.58. The first-order valence-corrected chi connectivity index (χ1v) is 6.60. The smallest absolute Gasteiger partial charge is 0.0760 e. The second kappa shape index (κ2) is 4.50. The Bertz CT molecular complexity index is 263. The zero-order chi connectivity index (χ0) is 12.7. The van der Waals surface area contributed by atoms with E-state index in [0.717, 1.165) is 32.6 Å². The lowest BCUT2D eigenvalue weighted by Gasteiger charge is -2.47. The van der Waals surface area contributed by atoms with E-state index in [1.165, 1.54) is 0 Å². The van der Waals surface area contributed by atoms with Crippen LogP contribution in [-0.4, -0.2) is 59.5 Å². The van der Waals surface area contributed by atoms with Gasteiger partial charge in [0, 0.05) is 32.2 Å². The first-order valence-electron chi connectivity index (χ1n) is 6.60. The van der Waals surface area contributed by atoms with Crippen LogP contribution in [0.1, 0.15) is 34.1 Å². The number of nitrogens with one attached hydrogen (secondary N) is 1. The number of ether oxygens (including phenoxy) is 1. The number of nitrogens with zero attached hydrogens (tertiary/aromatic N) is 1. The van der Waals surface area contributed by atoms with E-state index in [0.29, 0.717) is 6.04 Å². The van der Waals surface area contributed by atoms with E-state index in [1.807, 2.05) is 0 Å². The van der Waals surface area contributed by atoms with E-state index in [1.54, 1.807) is 0 Å². The van der Waals surface area contributed by atoms with Gasteiger partial charge in [-0.15, -0.1) is 0 Å². The number of morpholine rings is 1. The number of hydrogen-bond donors (Lipinski definition) is 2. The molecule has 0 spiro atoms. The van der Waals surface area contributed by atoms with Crippen molar-refractivity contribution in [3.8, 4) is 0 Å². The van der Waals surface area contributed by atoms with Crippen molar-refractivity contribution in [2.75, 3.05) is 26.2 Å². The Kier molecular flexibility index (Phi) is 3.51. The minimum Gasteiger partial charge on any atom is -0.392 e. The molecule has 2 atom stereocenters. The molecule has 2 fully saturated rings. The quantitative estimate of drug-likeness (QED) is 0.744. The van der Waals surface area contributed by atoms with Crippen molar-refractivity contribution in [3.05, 3.63) is 0 Å². The minimum atomic E-state index is -0.165. The molecule has 2 unspecified atom stereocenters. The SMILES string of the molecule is CC1(C)CN(CC2CC(O)CN2)CC(C)(C)O1. The Morgan fingerprint density at radius 1 is 1.24 bits per heavy atom. The van der Waals surface area contributed by atoms with Crippen molar-refractivity contribution in [3.63, 3.8) is 0 Å². The van der Waals surface area contributed by atoms with Crippen LogP contribution in [0, 0.1) is 0 Å². The van der Waals surface area contributed by atoms with Gasteiger partial charge < -0.3 is 15.2 Å². The summed E-state index contributed by atoms with van der Waals surface area (Å²) in [7, 11) is 0. The van der Waals surface area contributed by atoms with Crippen LogP contribution >= 0.6 is 0 Å². The molecule has 4 nitrogen and oxygen atoms in total.